The number of carbonyl (C=O) groups excluding carboxylic acids is 14. The van der Waals surface area contributed by atoms with Gasteiger partial charge in [0.1, 0.15) is 66.5 Å². The Bertz CT molecular complexity index is 3910. The van der Waals surface area contributed by atoms with Crippen molar-refractivity contribution in [3.8, 4) is 0 Å². The molecular weight excluding hydrogens is 1410 g/mol. The van der Waals surface area contributed by atoms with E-state index in [9.17, 15) is 47.9 Å². The van der Waals surface area contributed by atoms with E-state index >= 15 is 19.2 Å². The Balaban J connectivity index is 1.32. The number of nitrogens with zero attached hydrogens (tertiary/aromatic N) is 2. The first-order valence-corrected chi connectivity index (χ1v) is 35.8. The fourth-order valence-corrected chi connectivity index (χ4v) is 12.6. The third-order valence-electron chi connectivity index (χ3n) is 18.0. The van der Waals surface area contributed by atoms with Crippen LogP contribution in [0.5, 0.6) is 0 Å². The van der Waals surface area contributed by atoms with Gasteiger partial charge in [0, 0.05) is 82.7 Å². The number of guanidine groups is 2. The van der Waals surface area contributed by atoms with Crippen molar-refractivity contribution >= 4 is 117 Å². The summed E-state index contributed by atoms with van der Waals surface area (Å²) in [5.41, 5.74) is 18.4. The van der Waals surface area contributed by atoms with Crippen LogP contribution in [0.3, 0.4) is 0 Å². The van der Waals surface area contributed by atoms with Crippen molar-refractivity contribution in [2.24, 2.45) is 23.1 Å². The molecule has 36 heteroatoms. The van der Waals surface area contributed by atoms with Crippen LogP contribution in [0.15, 0.2) is 91.3 Å². The standard InChI is InChI=1S/C71H96ClN21O14/c1-38(2)30-50-63(101)87-49-24-28-79-60(98)46(13-7-26-80-70(74)75)84-57(95)23-22-48(62(100)85-47(61(99)88-50)14-8-27-81-71(76)77)86-67(105)54(35-58(96)82-37-55(59(73)97)92-68(106)56-15-9-29-93(56)69(49)107)91-66(104)53(34-42-10-6-25-78-36-42)90-65(103)52(32-40-17-20-45(72)21-18-40)89-64(102)51(83-39(3)94)33-41-16-19-43-11-4-5-12-44(43)31-41/h4-6,10-12,16-21,25,31,36,38,46-56H,7-9,13-15,22-24,26-30,32-35,37H2,1-3H3,(H2,73,97)(H,79,98)(H,82,96)(H,83,94)(H,84,95)(H,85,100)(H,86,105)(H,87,101)(H,88,99)(H,89,102)(H,90,103)(H,91,104)(H,92,106)(H4,74,75,80)(H4,76,77,81). The van der Waals surface area contributed by atoms with Crippen molar-refractivity contribution in [3.05, 3.63) is 113 Å². The second-order valence-corrected chi connectivity index (χ2v) is 27.4. The third-order valence-corrected chi connectivity index (χ3v) is 18.2. The highest BCUT2D eigenvalue weighted by atomic mass is 35.5. The largest absolute Gasteiger partial charge is 0.370 e. The molecule has 11 atom stereocenters. The zero-order valence-electron chi connectivity index (χ0n) is 59.7. The molecule has 3 aromatic carbocycles. The van der Waals surface area contributed by atoms with E-state index in [1.54, 1.807) is 50.2 Å². The smallest absolute Gasteiger partial charge is 0.245 e. The number of benzene rings is 3. The van der Waals surface area contributed by atoms with Crippen LogP contribution in [0, 0.1) is 16.7 Å². The van der Waals surface area contributed by atoms with Gasteiger partial charge in [-0.05, 0) is 109 Å². The average molecular weight is 1500 g/mol. The maximum atomic E-state index is 15.4. The van der Waals surface area contributed by atoms with Gasteiger partial charge in [-0.25, -0.2) is 0 Å². The van der Waals surface area contributed by atoms with Gasteiger partial charge >= 0.3 is 0 Å². The number of aromatic nitrogens is 1. The van der Waals surface area contributed by atoms with Crippen LogP contribution in [-0.2, 0) is 86.4 Å². The molecule has 22 N–H and O–H groups in total. The maximum absolute atomic E-state index is 15.4. The number of hydrogen-bond acceptors (Lipinski definition) is 17. The number of pyridine rings is 1. The fourth-order valence-electron chi connectivity index (χ4n) is 12.5. The molecule has 14 amide bonds. The highest BCUT2D eigenvalue weighted by Crippen LogP contribution is 2.22. The van der Waals surface area contributed by atoms with Crippen molar-refractivity contribution in [2.45, 2.75) is 177 Å². The molecule has 576 valence electrons. The lowest BCUT2D eigenvalue weighted by Gasteiger charge is -2.31. The molecule has 0 spiro atoms. The summed E-state index contributed by atoms with van der Waals surface area (Å²) < 4.78 is 0. The first kappa shape index (κ1) is 82.8. The fraction of sp³-hybridized carbons (Fsp3) is 0.479. The summed E-state index contributed by atoms with van der Waals surface area (Å²) in [7, 11) is 0. The van der Waals surface area contributed by atoms with Gasteiger partial charge in [-0.15, -0.1) is 0 Å². The van der Waals surface area contributed by atoms with Gasteiger partial charge in [0.15, 0.2) is 11.9 Å². The number of hydrogen-bond donors (Lipinski definition) is 19. The predicted molar refractivity (Wildman–Crippen MR) is 392 cm³/mol. The molecule has 3 fully saturated rings. The summed E-state index contributed by atoms with van der Waals surface area (Å²) in [6.07, 6.45) is -0.451. The van der Waals surface area contributed by atoms with Crippen molar-refractivity contribution in [2.75, 3.05) is 32.7 Å². The van der Waals surface area contributed by atoms with Crippen molar-refractivity contribution < 1.29 is 67.1 Å². The predicted octanol–water partition coefficient (Wildman–Crippen LogP) is -3.35. The average Bonchev–Trinajstić information content (AvgIpc) is 1.79. The molecule has 2 bridgehead atoms. The molecule has 3 saturated heterocycles. The van der Waals surface area contributed by atoms with Crippen LogP contribution in [0.1, 0.15) is 108 Å². The SMILES string of the molecule is CC(=O)NC(Cc1ccc2ccccc2c1)C(=O)NC(Cc1ccc(Cl)cc1)C(=O)NC(Cc1cccnc1)C(=O)NC1CC(=O)NCC(C(N)=O)NC(=O)C2CCCN2C(=O)C2CCNC(=O)C(CCCNC(=N)N)NC(=O)CCC(NC1=O)C(=O)NC(CCCNC(=N)N)C(=O)NC(CC(C)C)C(=O)N2. The quantitative estimate of drug-likeness (QED) is 0.0141. The number of carbonyl (C=O) groups is 14. The Hall–Kier alpha value is -11.5. The Labute approximate surface area is 622 Å². The van der Waals surface area contributed by atoms with E-state index in [1.165, 1.54) is 25.4 Å². The van der Waals surface area contributed by atoms with E-state index in [0.29, 0.717) is 21.7 Å². The molecular formula is C71H96ClN21O14. The molecule has 0 aliphatic carbocycles. The molecule has 0 radical (unpaired) electrons. The number of primary amides is 1. The van der Waals surface area contributed by atoms with E-state index in [-0.39, 0.29) is 109 Å². The van der Waals surface area contributed by atoms with Gasteiger partial charge in [-0.1, -0.05) is 86.1 Å². The Morgan fingerprint density at radius 2 is 1.20 bits per heavy atom. The van der Waals surface area contributed by atoms with E-state index in [2.05, 4.69) is 79.4 Å². The summed E-state index contributed by atoms with van der Waals surface area (Å²) in [6.45, 7) is 3.63. The minimum Gasteiger partial charge on any atom is -0.370 e. The molecule has 3 aliphatic rings. The molecule has 3 aliphatic heterocycles. The lowest BCUT2D eigenvalue weighted by Crippen LogP contribution is -2.61. The van der Waals surface area contributed by atoms with E-state index in [1.807, 2.05) is 36.4 Å². The van der Waals surface area contributed by atoms with Crippen LogP contribution >= 0.6 is 11.6 Å². The van der Waals surface area contributed by atoms with Crippen molar-refractivity contribution in [1.29, 1.82) is 10.8 Å². The van der Waals surface area contributed by atoms with E-state index in [4.69, 9.17) is 39.6 Å². The summed E-state index contributed by atoms with van der Waals surface area (Å²) in [6, 6.07) is 5.01. The van der Waals surface area contributed by atoms with Gasteiger partial charge in [-0.3, -0.25) is 82.9 Å². The first-order valence-electron chi connectivity index (χ1n) is 35.4. The van der Waals surface area contributed by atoms with Crippen molar-refractivity contribution in [3.63, 3.8) is 0 Å². The van der Waals surface area contributed by atoms with Crippen LogP contribution in [0.25, 0.3) is 10.8 Å². The molecule has 4 heterocycles. The Kier molecular flexibility index (Phi) is 31.5. The van der Waals surface area contributed by atoms with Gasteiger partial charge < -0.3 is 96.5 Å². The molecule has 107 heavy (non-hydrogen) atoms. The van der Waals surface area contributed by atoms with E-state index in [0.717, 1.165) is 15.7 Å². The third kappa shape index (κ3) is 26.5. The number of halogens is 1. The first-order chi connectivity index (χ1) is 51.0. The molecule has 4 aromatic rings. The second-order valence-electron chi connectivity index (χ2n) is 27.0. The van der Waals surface area contributed by atoms with Gasteiger partial charge in [0.25, 0.3) is 0 Å². The van der Waals surface area contributed by atoms with Crippen LogP contribution < -0.4 is 91.6 Å². The van der Waals surface area contributed by atoms with E-state index < -0.39 is 181 Å². The summed E-state index contributed by atoms with van der Waals surface area (Å²) in [5, 5.41) is 54.2. The number of nitrogens with two attached hydrogens (primary N) is 3. The van der Waals surface area contributed by atoms with Crippen LogP contribution in [0.4, 0.5) is 0 Å². The highest BCUT2D eigenvalue weighted by Gasteiger charge is 2.42. The molecule has 1 aromatic heterocycles. The van der Waals surface area contributed by atoms with Gasteiger partial charge in [0.2, 0.25) is 82.7 Å². The Morgan fingerprint density at radius 3 is 1.83 bits per heavy atom. The van der Waals surface area contributed by atoms with Gasteiger partial charge in [0.05, 0.1) is 6.42 Å². The molecule has 11 unspecified atom stereocenters. The lowest BCUT2D eigenvalue weighted by molar-refractivity contribution is -0.142. The number of rotatable bonds is 24. The number of amides is 14. The minimum absolute atomic E-state index is 0.0153. The topological polar surface area (TPSA) is 549 Å². The summed E-state index contributed by atoms with van der Waals surface area (Å²) in [5.74, 6) is -14.6. The highest BCUT2D eigenvalue weighted by molar-refractivity contribution is 6.30. The normalized spacial score (nSPS) is 21.8. The monoisotopic (exact) mass is 1500 g/mol. The minimum atomic E-state index is -2.10. The molecule has 0 saturated carbocycles. The lowest BCUT2D eigenvalue weighted by atomic mass is 9.99. The number of nitrogens with one attached hydrogen (secondary N) is 16. The van der Waals surface area contributed by atoms with Crippen molar-refractivity contribution in [1.82, 2.24) is 84.3 Å². The summed E-state index contributed by atoms with van der Waals surface area (Å²) in [4.78, 5) is 209. The Morgan fingerprint density at radius 1 is 0.598 bits per heavy atom. The maximum Gasteiger partial charge on any atom is 0.245 e. The zero-order chi connectivity index (χ0) is 77.9. The zero-order valence-corrected chi connectivity index (χ0v) is 60.5. The molecule has 7 rings (SSSR count). The summed E-state index contributed by atoms with van der Waals surface area (Å²) >= 11 is 6.27. The number of fused-ring (bicyclic) bond motifs is 11. The molecule has 35 nitrogen and oxygen atoms in total. The van der Waals surface area contributed by atoms with Gasteiger partial charge in [-0.2, -0.15) is 0 Å². The second kappa shape index (κ2) is 40.7. The van der Waals surface area contributed by atoms with Crippen LogP contribution in [0.2, 0.25) is 5.02 Å². The van der Waals surface area contributed by atoms with Crippen LogP contribution in [-0.4, -0.2) is 204 Å².